The molecule has 13 heteroatoms. The van der Waals surface area contributed by atoms with Crippen LogP contribution in [-0.4, -0.2) is 70.8 Å². The molecule has 0 unspecified atom stereocenters. The van der Waals surface area contributed by atoms with E-state index in [4.69, 9.17) is 18.9 Å². The molecule has 0 aliphatic carbocycles. The Morgan fingerprint density at radius 1 is 0.811 bits per heavy atom. The van der Waals surface area contributed by atoms with E-state index < -0.39 is 43.0 Å². The predicted octanol–water partition coefficient (Wildman–Crippen LogP) is 7.21. The number of nitriles is 1. The van der Waals surface area contributed by atoms with Gasteiger partial charge in [-0.2, -0.15) is 9.78 Å². The Morgan fingerprint density at radius 2 is 1.38 bits per heavy atom. The molecule has 53 heavy (non-hydrogen) atoms. The maximum absolute atomic E-state index is 14.4. The van der Waals surface area contributed by atoms with Gasteiger partial charge in [0.2, 0.25) is 5.88 Å². The summed E-state index contributed by atoms with van der Waals surface area (Å²) in [6, 6.07) is 12.1. The molecule has 1 N–H and O–H groups in total. The molecule has 2 aromatic carbocycles. The van der Waals surface area contributed by atoms with E-state index in [0.717, 1.165) is 102 Å². The number of nitrogens with zero attached hydrogens (tertiary/aromatic N) is 4. The number of H-pyrrole nitrogens is 1. The minimum absolute atomic E-state index is 0.0609. The maximum Gasteiger partial charge on any atom is 0.417 e. The van der Waals surface area contributed by atoms with Crippen molar-refractivity contribution in [1.29, 1.82) is 5.26 Å². The molecule has 0 atom stereocenters. The number of carbonyl (C=O) groups is 4. The van der Waals surface area contributed by atoms with Crippen molar-refractivity contribution in [3.63, 3.8) is 0 Å². The summed E-state index contributed by atoms with van der Waals surface area (Å²) in [6.07, 6.45) is 6.74. The number of fused-ring (bicyclic) bond motifs is 1. The Morgan fingerprint density at radius 3 is 1.92 bits per heavy atom. The van der Waals surface area contributed by atoms with Gasteiger partial charge < -0.3 is 23.9 Å². The van der Waals surface area contributed by atoms with E-state index in [1.54, 1.807) is 0 Å². The summed E-state index contributed by atoms with van der Waals surface area (Å²) in [4.78, 5) is 56.3. The molecule has 0 saturated carbocycles. The van der Waals surface area contributed by atoms with Gasteiger partial charge in [-0.3, -0.25) is 14.5 Å². The molecule has 0 saturated heterocycles. The van der Waals surface area contributed by atoms with E-state index in [0.29, 0.717) is 24.4 Å². The third kappa shape index (κ3) is 9.83. The first-order valence-corrected chi connectivity index (χ1v) is 18.1. The Hall–Kier alpha value is -5.64. The first kappa shape index (κ1) is 40.1. The molecule has 4 rings (SSSR count). The number of rotatable bonds is 17. The van der Waals surface area contributed by atoms with Crippen LogP contribution < -0.4 is 9.47 Å². The van der Waals surface area contributed by atoms with Crippen LogP contribution in [-0.2, 0) is 38.3 Å². The number of benzene rings is 2. The Balaban J connectivity index is 1.91. The molecule has 0 radical (unpaired) electrons. The van der Waals surface area contributed by atoms with Gasteiger partial charge in [0.15, 0.2) is 11.5 Å². The fourth-order valence-electron chi connectivity index (χ4n) is 6.12. The monoisotopic (exact) mass is 727 g/mol. The third-order valence-electron chi connectivity index (χ3n) is 8.81. The highest BCUT2D eigenvalue weighted by Gasteiger charge is 2.33. The second-order valence-corrected chi connectivity index (χ2v) is 13.1. The second kappa shape index (κ2) is 18.7. The average Bonchev–Trinajstić information content (AvgIpc) is 3.69. The van der Waals surface area contributed by atoms with Crippen molar-refractivity contribution in [1.82, 2.24) is 19.5 Å². The van der Waals surface area contributed by atoms with Gasteiger partial charge in [0.25, 0.3) is 0 Å². The highest BCUT2D eigenvalue weighted by atomic mass is 16.6. The van der Waals surface area contributed by atoms with Crippen molar-refractivity contribution >= 4 is 29.6 Å². The Labute approximate surface area is 310 Å². The summed E-state index contributed by atoms with van der Waals surface area (Å²) in [5.41, 5.74) is 5.19. The molecular weight excluding hydrogens is 678 g/mol. The summed E-state index contributed by atoms with van der Waals surface area (Å²) in [7, 11) is 2.26. The highest BCUT2D eigenvalue weighted by Crippen LogP contribution is 2.35. The van der Waals surface area contributed by atoms with Crippen molar-refractivity contribution in [2.75, 3.05) is 27.3 Å². The van der Waals surface area contributed by atoms with E-state index in [9.17, 15) is 24.4 Å². The normalized spacial score (nSPS) is 10.9. The van der Waals surface area contributed by atoms with Gasteiger partial charge in [0.05, 0.1) is 14.2 Å². The molecule has 4 aromatic rings. The molecule has 0 fully saturated rings. The van der Waals surface area contributed by atoms with Crippen LogP contribution in [0.5, 0.6) is 11.6 Å². The molecule has 1 amide bonds. The number of esters is 3. The average molecular weight is 728 g/mol. The number of methoxy groups -OCH3 is 2. The van der Waals surface area contributed by atoms with Crippen LogP contribution >= 0.6 is 0 Å². The quantitative estimate of drug-likeness (QED) is 0.0868. The topological polar surface area (TPSA) is 165 Å². The molecule has 2 aromatic heterocycles. The molecule has 2 heterocycles. The summed E-state index contributed by atoms with van der Waals surface area (Å²) in [5.74, 6) is -2.10. The Bertz CT molecular complexity index is 1960. The zero-order valence-electron chi connectivity index (χ0n) is 31.7. The van der Waals surface area contributed by atoms with E-state index in [1.807, 2.05) is 44.2 Å². The number of unbranched alkanes of at least 4 members (excludes halogenated alkanes) is 3. The number of nitrogens with one attached hydrogen (secondary N) is 1. The third-order valence-corrected chi connectivity index (χ3v) is 8.81. The predicted molar refractivity (Wildman–Crippen MR) is 198 cm³/mol. The van der Waals surface area contributed by atoms with E-state index in [1.165, 1.54) is 0 Å². The number of hydrogen-bond donors (Lipinski definition) is 1. The SMILES string of the molecule is CCCCc1cc(C)cc(-c2nn3c(OC(=O)N(CC(=O)OC)CC(=O)OC)c(C#N)c(C(=O)Oc4c(CCCC)cc(C)cc4CCCC)c3[nH]2)c1. The fourth-order valence-corrected chi connectivity index (χ4v) is 6.12. The van der Waals surface area contributed by atoms with E-state index >= 15 is 0 Å². The summed E-state index contributed by atoms with van der Waals surface area (Å²) < 4.78 is 22.5. The summed E-state index contributed by atoms with van der Waals surface area (Å²) >= 11 is 0. The molecule has 0 bridgehead atoms. The molecule has 282 valence electrons. The number of aryl methyl sites for hydroxylation is 5. The van der Waals surface area contributed by atoms with Crippen molar-refractivity contribution in [2.24, 2.45) is 0 Å². The van der Waals surface area contributed by atoms with Crippen LogP contribution in [0, 0.1) is 25.2 Å². The van der Waals surface area contributed by atoms with Crippen LogP contribution in [0.15, 0.2) is 30.3 Å². The lowest BCUT2D eigenvalue weighted by molar-refractivity contribution is -0.144. The lowest BCUT2D eigenvalue weighted by atomic mass is 9.97. The van der Waals surface area contributed by atoms with Crippen LogP contribution in [0.4, 0.5) is 4.79 Å². The molecule has 13 nitrogen and oxygen atoms in total. The second-order valence-electron chi connectivity index (χ2n) is 13.1. The van der Waals surface area contributed by atoms with Crippen molar-refractivity contribution < 1.29 is 38.1 Å². The first-order chi connectivity index (χ1) is 25.5. The molecule has 0 spiro atoms. The fraction of sp³-hybridized carbons (Fsp3) is 0.450. The minimum Gasteiger partial charge on any atom is -0.468 e. The molecule has 0 aliphatic heterocycles. The first-order valence-electron chi connectivity index (χ1n) is 18.1. The van der Waals surface area contributed by atoms with Gasteiger partial charge in [0, 0.05) is 5.56 Å². The van der Waals surface area contributed by atoms with Gasteiger partial charge in [0.1, 0.15) is 36.0 Å². The lowest BCUT2D eigenvalue weighted by Crippen LogP contribution is -2.42. The number of amides is 1. The van der Waals surface area contributed by atoms with E-state index in [-0.39, 0.29) is 16.8 Å². The summed E-state index contributed by atoms with van der Waals surface area (Å²) in [5, 5.41) is 15.2. The van der Waals surface area contributed by atoms with Crippen molar-refractivity contribution in [3.8, 4) is 29.1 Å². The number of aromatic amines is 1. The standard InChI is InChI=1S/C40H49N5O8/c1-8-11-14-27-17-25(4)20-30(21-27)36-42-37-34(39(48)52-35-28(15-12-9-2)18-26(5)19-29(35)16-13-10-3)31(22-41)38(45(37)43-36)53-40(49)44(23-32(46)50-6)24-33(47)51-7/h17-21H,8-16,23-24H2,1-7H3,(H,42,43). The largest absolute Gasteiger partial charge is 0.468 e. The van der Waals surface area contributed by atoms with Crippen LogP contribution in [0.1, 0.15) is 103 Å². The van der Waals surface area contributed by atoms with Gasteiger partial charge in [-0.05, 0) is 81.2 Å². The van der Waals surface area contributed by atoms with Crippen molar-refractivity contribution in [2.45, 2.75) is 92.4 Å². The number of carbonyl (C=O) groups excluding carboxylic acids is 4. The number of aromatic nitrogens is 3. The van der Waals surface area contributed by atoms with E-state index in [2.05, 4.69) is 36.9 Å². The van der Waals surface area contributed by atoms with Gasteiger partial charge in [-0.25, -0.2) is 9.59 Å². The number of ether oxygens (including phenoxy) is 4. The lowest BCUT2D eigenvalue weighted by Gasteiger charge is -2.19. The van der Waals surface area contributed by atoms with Gasteiger partial charge >= 0.3 is 24.0 Å². The highest BCUT2D eigenvalue weighted by molar-refractivity contribution is 6.02. The van der Waals surface area contributed by atoms with Gasteiger partial charge in [-0.15, -0.1) is 5.10 Å². The molecule has 0 aliphatic rings. The molecular formula is C40H49N5O8. The number of hydrogen-bond acceptors (Lipinski definition) is 10. The van der Waals surface area contributed by atoms with Gasteiger partial charge in [-0.1, -0.05) is 69.4 Å². The van der Waals surface area contributed by atoms with Crippen LogP contribution in [0.2, 0.25) is 0 Å². The van der Waals surface area contributed by atoms with Crippen LogP contribution in [0.3, 0.4) is 0 Å². The minimum atomic E-state index is -1.18. The Kier molecular flexibility index (Phi) is 14.2. The maximum atomic E-state index is 14.4. The smallest absolute Gasteiger partial charge is 0.417 e. The van der Waals surface area contributed by atoms with Crippen LogP contribution in [0.25, 0.3) is 17.0 Å². The van der Waals surface area contributed by atoms with Crippen molar-refractivity contribution in [3.05, 3.63) is 69.3 Å². The summed E-state index contributed by atoms with van der Waals surface area (Å²) in [6.45, 7) is 8.98. The zero-order valence-corrected chi connectivity index (χ0v) is 31.7. The zero-order chi connectivity index (χ0) is 38.7.